The fraction of sp³-hybridized carbons (Fsp3) is 0.810. The second kappa shape index (κ2) is 5.57. The van der Waals surface area contributed by atoms with Crippen molar-refractivity contribution < 1.29 is 0 Å². The summed E-state index contributed by atoms with van der Waals surface area (Å²) in [6.07, 6.45) is 18.0. The summed E-state index contributed by atoms with van der Waals surface area (Å²) in [6, 6.07) is 0.178. The minimum Gasteiger partial charge on any atom is -0.120 e. The van der Waals surface area contributed by atoms with Crippen molar-refractivity contribution in [2.45, 2.75) is 71.3 Å². The van der Waals surface area contributed by atoms with Crippen LogP contribution in [0.1, 0.15) is 65.2 Å². The SMILES string of the molecule is C#C[C@H]1CCC2C3CC=C4C[C@H](N=[N+]=[N-])CC[C@]4(C)C3CC[C@@]21C. The molecule has 0 aromatic rings. The summed E-state index contributed by atoms with van der Waals surface area (Å²) < 4.78 is 0. The van der Waals surface area contributed by atoms with E-state index in [0.29, 0.717) is 16.7 Å². The van der Waals surface area contributed by atoms with Crippen molar-refractivity contribution in [1.29, 1.82) is 0 Å². The van der Waals surface area contributed by atoms with E-state index >= 15 is 0 Å². The van der Waals surface area contributed by atoms with Crippen molar-refractivity contribution in [3.8, 4) is 12.3 Å². The number of allylic oxidation sites excluding steroid dienone is 1. The van der Waals surface area contributed by atoms with Crippen LogP contribution in [0.3, 0.4) is 0 Å². The van der Waals surface area contributed by atoms with Gasteiger partial charge in [0.05, 0.1) is 0 Å². The van der Waals surface area contributed by atoms with Gasteiger partial charge in [0.15, 0.2) is 0 Å². The van der Waals surface area contributed by atoms with E-state index in [2.05, 4.69) is 35.9 Å². The summed E-state index contributed by atoms with van der Waals surface area (Å²) in [5.74, 6) is 6.04. The smallest absolute Gasteiger partial charge is 0.0411 e. The van der Waals surface area contributed by atoms with Crippen molar-refractivity contribution in [1.82, 2.24) is 0 Å². The van der Waals surface area contributed by atoms with Crippen LogP contribution in [-0.4, -0.2) is 6.04 Å². The highest BCUT2D eigenvalue weighted by atomic mass is 15.1. The van der Waals surface area contributed by atoms with Crippen LogP contribution in [0.25, 0.3) is 10.4 Å². The first-order valence-corrected chi connectivity index (χ1v) is 9.73. The molecule has 3 heteroatoms. The maximum atomic E-state index is 8.77. The van der Waals surface area contributed by atoms with E-state index in [9.17, 15) is 0 Å². The topological polar surface area (TPSA) is 48.8 Å². The molecule has 4 aliphatic rings. The first-order valence-electron chi connectivity index (χ1n) is 9.73. The van der Waals surface area contributed by atoms with Crippen LogP contribution in [0, 0.1) is 46.8 Å². The zero-order valence-corrected chi connectivity index (χ0v) is 15.0. The second-order valence-electron chi connectivity index (χ2n) is 9.20. The van der Waals surface area contributed by atoms with Gasteiger partial charge in [0.25, 0.3) is 0 Å². The van der Waals surface area contributed by atoms with Crippen LogP contribution in [-0.2, 0) is 0 Å². The van der Waals surface area contributed by atoms with Gasteiger partial charge >= 0.3 is 0 Å². The minimum atomic E-state index is 0.178. The molecule has 24 heavy (non-hydrogen) atoms. The van der Waals surface area contributed by atoms with Crippen LogP contribution >= 0.6 is 0 Å². The lowest BCUT2D eigenvalue weighted by Crippen LogP contribution is -2.50. The molecular weight excluding hydrogens is 294 g/mol. The highest BCUT2D eigenvalue weighted by Crippen LogP contribution is 2.66. The van der Waals surface area contributed by atoms with Gasteiger partial charge in [0.1, 0.15) is 0 Å². The molecule has 0 spiro atoms. The van der Waals surface area contributed by atoms with Gasteiger partial charge in [-0.05, 0) is 85.5 Å². The molecule has 3 saturated carbocycles. The summed E-state index contributed by atoms with van der Waals surface area (Å²) in [7, 11) is 0. The predicted molar refractivity (Wildman–Crippen MR) is 97.0 cm³/mol. The largest absolute Gasteiger partial charge is 0.120 e. The maximum absolute atomic E-state index is 8.77. The number of fused-ring (bicyclic) bond motifs is 5. The fourth-order valence-corrected chi connectivity index (χ4v) is 7.09. The Morgan fingerprint density at radius 1 is 1.21 bits per heavy atom. The van der Waals surface area contributed by atoms with E-state index in [4.69, 9.17) is 12.0 Å². The monoisotopic (exact) mass is 323 g/mol. The molecule has 0 radical (unpaired) electrons. The molecule has 7 atom stereocenters. The standard InChI is InChI=1S/C21H29N3/c1-4-14-6-8-18-17-7-5-15-13-16(23-24-22)9-11-21(15,3)19(17)10-12-20(14,18)2/h1,5,14,16-19H,6-13H2,2-3H3/t14-,16+,17?,18?,19?,20+,21-/m0/s1. The summed E-state index contributed by atoms with van der Waals surface area (Å²) in [4.78, 5) is 3.05. The van der Waals surface area contributed by atoms with Crippen LogP contribution in [0.5, 0.6) is 0 Å². The number of hydrogen-bond donors (Lipinski definition) is 0. The lowest BCUT2D eigenvalue weighted by atomic mass is 9.47. The minimum absolute atomic E-state index is 0.178. The number of nitrogens with zero attached hydrogens (tertiary/aromatic N) is 3. The third kappa shape index (κ3) is 2.09. The Balaban J connectivity index is 1.64. The maximum Gasteiger partial charge on any atom is 0.0411 e. The van der Waals surface area contributed by atoms with Gasteiger partial charge in [-0.3, -0.25) is 0 Å². The van der Waals surface area contributed by atoms with Gasteiger partial charge in [0.2, 0.25) is 0 Å². The Labute approximate surface area is 145 Å². The molecule has 4 aliphatic carbocycles. The summed E-state index contributed by atoms with van der Waals surface area (Å²) in [6.45, 7) is 4.98. The first kappa shape index (κ1) is 16.1. The Morgan fingerprint density at radius 3 is 2.79 bits per heavy atom. The average Bonchev–Trinajstić information content (AvgIpc) is 2.92. The molecule has 0 aromatic heterocycles. The van der Waals surface area contributed by atoms with Crippen molar-refractivity contribution in [2.24, 2.45) is 39.6 Å². The number of azide groups is 1. The molecule has 128 valence electrons. The third-order valence-corrected chi connectivity index (χ3v) is 8.49. The highest BCUT2D eigenvalue weighted by Gasteiger charge is 2.58. The van der Waals surface area contributed by atoms with Gasteiger partial charge in [-0.25, -0.2) is 0 Å². The molecule has 0 saturated heterocycles. The molecule has 0 aliphatic heterocycles. The average molecular weight is 323 g/mol. The zero-order valence-electron chi connectivity index (χ0n) is 15.0. The molecule has 0 aromatic carbocycles. The lowest BCUT2D eigenvalue weighted by molar-refractivity contribution is -0.0345. The van der Waals surface area contributed by atoms with Gasteiger partial charge in [-0.2, -0.15) is 0 Å². The van der Waals surface area contributed by atoms with E-state index in [1.807, 2.05) is 0 Å². The van der Waals surface area contributed by atoms with Crippen LogP contribution in [0.2, 0.25) is 0 Å². The first-order chi connectivity index (χ1) is 11.5. The van der Waals surface area contributed by atoms with E-state index < -0.39 is 0 Å². The Hall–Kier alpha value is -1.39. The van der Waals surface area contributed by atoms with E-state index in [1.165, 1.54) is 38.5 Å². The zero-order chi connectivity index (χ0) is 16.9. The van der Waals surface area contributed by atoms with Crippen molar-refractivity contribution in [2.75, 3.05) is 0 Å². The summed E-state index contributed by atoms with van der Waals surface area (Å²) >= 11 is 0. The third-order valence-electron chi connectivity index (χ3n) is 8.49. The summed E-state index contributed by atoms with van der Waals surface area (Å²) in [5, 5.41) is 4.01. The van der Waals surface area contributed by atoms with Gasteiger partial charge in [0, 0.05) is 16.9 Å². The van der Waals surface area contributed by atoms with Crippen molar-refractivity contribution >= 4 is 0 Å². The molecule has 0 bridgehead atoms. The van der Waals surface area contributed by atoms with Crippen molar-refractivity contribution in [3.63, 3.8) is 0 Å². The lowest BCUT2D eigenvalue weighted by Gasteiger charge is -2.57. The molecule has 0 amide bonds. The van der Waals surface area contributed by atoms with E-state index in [-0.39, 0.29) is 6.04 Å². The Kier molecular flexibility index (Phi) is 3.73. The van der Waals surface area contributed by atoms with Crippen LogP contribution in [0.4, 0.5) is 0 Å². The molecule has 4 rings (SSSR count). The predicted octanol–water partition coefficient (Wildman–Crippen LogP) is 5.88. The highest BCUT2D eigenvalue weighted by molar-refractivity contribution is 5.26. The summed E-state index contributed by atoms with van der Waals surface area (Å²) in [5.41, 5.74) is 11.1. The van der Waals surface area contributed by atoms with Gasteiger partial charge < -0.3 is 0 Å². The quantitative estimate of drug-likeness (QED) is 0.190. The fourth-order valence-electron chi connectivity index (χ4n) is 7.09. The molecular formula is C21H29N3. The Morgan fingerprint density at radius 2 is 2.04 bits per heavy atom. The van der Waals surface area contributed by atoms with Crippen LogP contribution < -0.4 is 0 Å². The van der Waals surface area contributed by atoms with E-state index in [1.54, 1.807) is 5.57 Å². The van der Waals surface area contributed by atoms with Crippen molar-refractivity contribution in [3.05, 3.63) is 22.1 Å². The number of hydrogen-bond acceptors (Lipinski definition) is 1. The number of rotatable bonds is 1. The van der Waals surface area contributed by atoms with Gasteiger partial charge in [-0.1, -0.05) is 30.6 Å². The molecule has 3 unspecified atom stereocenters. The molecule has 0 N–H and O–H groups in total. The second-order valence-corrected chi connectivity index (χ2v) is 9.20. The van der Waals surface area contributed by atoms with Crippen LogP contribution in [0.15, 0.2) is 16.8 Å². The molecule has 3 nitrogen and oxygen atoms in total. The molecule has 0 heterocycles. The normalized spacial score (nSPS) is 49.7. The van der Waals surface area contributed by atoms with E-state index in [0.717, 1.165) is 30.6 Å². The molecule has 3 fully saturated rings. The number of terminal acetylenes is 1. The van der Waals surface area contributed by atoms with Gasteiger partial charge in [-0.15, -0.1) is 12.3 Å². The Bertz CT molecular complexity index is 652.